The molecule has 31 heavy (non-hydrogen) atoms. The standard InChI is InChI=1S/C25H28N2O4/c1-25(2,3)20-15-19(30-4)12-13-23(20)31-17-24(29)27(16-18-9-7-8-14-26-18)21-10-5-6-11-22(21)28/h5-15,28H,16-17H2,1-4H3. The Labute approximate surface area is 183 Å². The lowest BCUT2D eigenvalue weighted by Crippen LogP contribution is -2.35. The fraction of sp³-hybridized carbons (Fsp3) is 0.280. The first-order valence-corrected chi connectivity index (χ1v) is 10.1. The van der Waals surface area contributed by atoms with Crippen molar-refractivity contribution in [3.8, 4) is 17.2 Å². The van der Waals surface area contributed by atoms with Crippen LogP contribution in [0.1, 0.15) is 32.0 Å². The number of carbonyl (C=O) groups is 1. The van der Waals surface area contributed by atoms with Crippen molar-refractivity contribution in [2.75, 3.05) is 18.6 Å². The highest BCUT2D eigenvalue weighted by Gasteiger charge is 2.23. The first-order valence-electron chi connectivity index (χ1n) is 10.1. The number of carbonyl (C=O) groups excluding carboxylic acids is 1. The van der Waals surface area contributed by atoms with Crippen LogP contribution in [0.5, 0.6) is 17.2 Å². The van der Waals surface area contributed by atoms with Crippen LogP contribution in [0.3, 0.4) is 0 Å². The molecule has 2 aromatic carbocycles. The van der Waals surface area contributed by atoms with E-state index in [4.69, 9.17) is 9.47 Å². The zero-order chi connectivity index (χ0) is 22.4. The predicted molar refractivity (Wildman–Crippen MR) is 121 cm³/mol. The fourth-order valence-corrected chi connectivity index (χ4v) is 3.22. The molecule has 0 unspecified atom stereocenters. The molecule has 1 N–H and O–H groups in total. The molecule has 0 radical (unpaired) electrons. The quantitative estimate of drug-likeness (QED) is 0.600. The van der Waals surface area contributed by atoms with Gasteiger partial charge in [-0.05, 0) is 47.9 Å². The number of para-hydroxylation sites is 2. The Morgan fingerprint density at radius 2 is 1.81 bits per heavy atom. The lowest BCUT2D eigenvalue weighted by atomic mass is 9.86. The Balaban J connectivity index is 1.85. The third kappa shape index (κ3) is 5.54. The summed E-state index contributed by atoms with van der Waals surface area (Å²) in [6, 6.07) is 17.8. The summed E-state index contributed by atoms with van der Waals surface area (Å²) in [6.07, 6.45) is 1.67. The third-order valence-corrected chi connectivity index (χ3v) is 4.87. The molecule has 162 valence electrons. The highest BCUT2D eigenvalue weighted by molar-refractivity contribution is 5.95. The summed E-state index contributed by atoms with van der Waals surface area (Å²) in [5.41, 5.74) is 1.86. The van der Waals surface area contributed by atoms with Crippen molar-refractivity contribution in [2.45, 2.75) is 32.7 Å². The van der Waals surface area contributed by atoms with E-state index in [1.165, 1.54) is 4.90 Å². The average Bonchev–Trinajstić information content (AvgIpc) is 2.76. The van der Waals surface area contributed by atoms with Gasteiger partial charge in [0, 0.05) is 11.8 Å². The summed E-state index contributed by atoms with van der Waals surface area (Å²) >= 11 is 0. The number of aromatic nitrogens is 1. The molecule has 0 bridgehead atoms. The Hall–Kier alpha value is -3.54. The molecule has 0 spiro atoms. The Morgan fingerprint density at radius 1 is 1.06 bits per heavy atom. The maximum atomic E-state index is 13.2. The first kappa shape index (κ1) is 22.2. The van der Waals surface area contributed by atoms with Crippen LogP contribution in [0.4, 0.5) is 5.69 Å². The van der Waals surface area contributed by atoms with Crippen LogP contribution in [0.25, 0.3) is 0 Å². The second-order valence-electron chi connectivity index (χ2n) is 8.19. The SMILES string of the molecule is COc1ccc(OCC(=O)N(Cc2ccccn2)c2ccccc2O)c(C(C)(C)C)c1. The molecule has 0 aliphatic heterocycles. The summed E-state index contributed by atoms with van der Waals surface area (Å²) in [6.45, 7) is 6.26. The van der Waals surface area contributed by atoms with Crippen molar-refractivity contribution in [3.63, 3.8) is 0 Å². The molecule has 3 aromatic rings. The monoisotopic (exact) mass is 420 g/mol. The van der Waals surface area contributed by atoms with Crippen molar-refractivity contribution < 1.29 is 19.4 Å². The van der Waals surface area contributed by atoms with Gasteiger partial charge >= 0.3 is 0 Å². The van der Waals surface area contributed by atoms with Crippen LogP contribution in [-0.4, -0.2) is 29.7 Å². The summed E-state index contributed by atoms with van der Waals surface area (Å²) in [5.74, 6) is 1.08. The number of phenolic OH excluding ortho intramolecular Hbond substituents is 1. The average molecular weight is 421 g/mol. The minimum Gasteiger partial charge on any atom is -0.506 e. The molecule has 0 saturated heterocycles. The highest BCUT2D eigenvalue weighted by Crippen LogP contribution is 2.34. The number of hydrogen-bond donors (Lipinski definition) is 1. The maximum Gasteiger partial charge on any atom is 0.265 e. The first-order chi connectivity index (χ1) is 14.8. The van der Waals surface area contributed by atoms with Crippen LogP contribution < -0.4 is 14.4 Å². The van der Waals surface area contributed by atoms with E-state index >= 15 is 0 Å². The molecule has 0 fully saturated rings. The maximum absolute atomic E-state index is 13.2. The molecular weight excluding hydrogens is 392 g/mol. The van der Waals surface area contributed by atoms with Gasteiger partial charge in [0.15, 0.2) is 6.61 Å². The number of methoxy groups -OCH3 is 1. The highest BCUT2D eigenvalue weighted by atomic mass is 16.5. The van der Waals surface area contributed by atoms with Gasteiger partial charge in [-0.25, -0.2) is 0 Å². The van der Waals surface area contributed by atoms with Crippen molar-refractivity contribution in [1.29, 1.82) is 0 Å². The number of pyridine rings is 1. The topological polar surface area (TPSA) is 71.9 Å². The lowest BCUT2D eigenvalue weighted by Gasteiger charge is -2.26. The van der Waals surface area contributed by atoms with Gasteiger partial charge in [0.05, 0.1) is 25.0 Å². The number of nitrogens with zero attached hydrogens (tertiary/aromatic N) is 2. The molecule has 0 aliphatic carbocycles. The van der Waals surface area contributed by atoms with Gasteiger partial charge in [-0.3, -0.25) is 14.7 Å². The lowest BCUT2D eigenvalue weighted by molar-refractivity contribution is -0.120. The minimum atomic E-state index is -0.289. The normalized spacial score (nSPS) is 11.1. The smallest absolute Gasteiger partial charge is 0.265 e. The van der Waals surface area contributed by atoms with Crippen LogP contribution in [0, 0.1) is 0 Å². The van der Waals surface area contributed by atoms with Gasteiger partial charge in [0.25, 0.3) is 5.91 Å². The Morgan fingerprint density at radius 3 is 2.45 bits per heavy atom. The van der Waals surface area contributed by atoms with Crippen molar-refractivity contribution in [2.24, 2.45) is 0 Å². The molecule has 6 heteroatoms. The summed E-state index contributed by atoms with van der Waals surface area (Å²) in [7, 11) is 1.62. The molecule has 3 rings (SSSR count). The number of phenols is 1. The number of aromatic hydroxyl groups is 1. The molecule has 6 nitrogen and oxygen atoms in total. The summed E-state index contributed by atoms with van der Waals surface area (Å²) in [5, 5.41) is 10.3. The van der Waals surface area contributed by atoms with E-state index < -0.39 is 0 Å². The van der Waals surface area contributed by atoms with Crippen LogP contribution in [0.15, 0.2) is 66.9 Å². The van der Waals surface area contributed by atoms with Gasteiger partial charge in [-0.2, -0.15) is 0 Å². The van der Waals surface area contributed by atoms with E-state index in [0.29, 0.717) is 17.1 Å². The fourth-order valence-electron chi connectivity index (χ4n) is 3.22. The van der Waals surface area contributed by atoms with Crippen molar-refractivity contribution >= 4 is 11.6 Å². The van der Waals surface area contributed by atoms with Crippen LogP contribution >= 0.6 is 0 Å². The predicted octanol–water partition coefficient (Wildman–Crippen LogP) is 4.71. The molecule has 0 saturated carbocycles. The number of amides is 1. The van der Waals surface area contributed by atoms with Crippen molar-refractivity contribution in [1.82, 2.24) is 4.98 Å². The van der Waals surface area contributed by atoms with Gasteiger partial charge in [-0.15, -0.1) is 0 Å². The molecule has 1 amide bonds. The zero-order valence-corrected chi connectivity index (χ0v) is 18.3. The second-order valence-corrected chi connectivity index (χ2v) is 8.19. The van der Waals surface area contributed by atoms with E-state index in [-0.39, 0.29) is 30.2 Å². The zero-order valence-electron chi connectivity index (χ0n) is 18.3. The molecule has 0 atom stereocenters. The number of ether oxygens (including phenoxy) is 2. The molecule has 1 aromatic heterocycles. The van der Waals surface area contributed by atoms with Crippen molar-refractivity contribution in [3.05, 3.63) is 78.1 Å². The van der Waals surface area contributed by atoms with E-state index in [0.717, 1.165) is 11.3 Å². The summed E-state index contributed by atoms with van der Waals surface area (Å²) < 4.78 is 11.3. The van der Waals surface area contributed by atoms with E-state index in [2.05, 4.69) is 25.8 Å². The Kier molecular flexibility index (Phi) is 6.80. The van der Waals surface area contributed by atoms with E-state index in [1.807, 2.05) is 36.4 Å². The summed E-state index contributed by atoms with van der Waals surface area (Å²) in [4.78, 5) is 19.0. The van der Waals surface area contributed by atoms with Crippen LogP contribution in [-0.2, 0) is 16.8 Å². The number of benzene rings is 2. The molecule has 0 aliphatic rings. The number of rotatable bonds is 7. The minimum absolute atomic E-state index is 0.0200. The van der Waals surface area contributed by atoms with Gasteiger partial charge in [0.2, 0.25) is 0 Å². The molecular formula is C25H28N2O4. The van der Waals surface area contributed by atoms with Gasteiger partial charge in [-0.1, -0.05) is 39.0 Å². The van der Waals surface area contributed by atoms with Gasteiger partial charge < -0.3 is 14.6 Å². The van der Waals surface area contributed by atoms with E-state index in [1.54, 1.807) is 37.6 Å². The largest absolute Gasteiger partial charge is 0.506 e. The molecule has 1 heterocycles. The third-order valence-electron chi connectivity index (χ3n) is 4.87. The number of anilines is 1. The Bertz CT molecular complexity index is 1030. The van der Waals surface area contributed by atoms with Gasteiger partial charge in [0.1, 0.15) is 17.2 Å². The number of hydrogen-bond acceptors (Lipinski definition) is 5. The van der Waals surface area contributed by atoms with E-state index in [9.17, 15) is 9.90 Å². The second kappa shape index (κ2) is 9.51. The van der Waals surface area contributed by atoms with Crippen LogP contribution in [0.2, 0.25) is 0 Å².